The molecule has 0 bridgehead atoms. The van der Waals surface area contributed by atoms with Crippen LogP contribution in [0.1, 0.15) is 27.7 Å². The standard InChI is InChI=1S/C26H28N6O2/c33-25(21-7-6-19-8-10-28-23(19)16-21)30-24(20-4-2-1-3-5-20)26(34)32-14-12-31(13-15-32)11-9-22-17-27-18-29-22/h1-8,10,16-18,24,28H,9,11-15H2,(H,27,29)(H,30,33)/t24-/m1/s1. The first-order valence-electron chi connectivity index (χ1n) is 11.6. The normalized spacial score (nSPS) is 15.4. The fourth-order valence-corrected chi connectivity index (χ4v) is 4.41. The van der Waals surface area contributed by atoms with Crippen LogP contribution in [0.15, 0.2) is 73.3 Å². The van der Waals surface area contributed by atoms with Crippen molar-refractivity contribution >= 4 is 22.7 Å². The number of nitrogens with one attached hydrogen (secondary N) is 3. The molecule has 0 spiro atoms. The zero-order valence-electron chi connectivity index (χ0n) is 18.9. The van der Waals surface area contributed by atoms with Crippen molar-refractivity contribution in [1.29, 1.82) is 0 Å². The first-order chi connectivity index (χ1) is 16.7. The zero-order chi connectivity index (χ0) is 23.3. The van der Waals surface area contributed by atoms with Crippen LogP contribution in [-0.2, 0) is 11.2 Å². The van der Waals surface area contributed by atoms with Gasteiger partial charge in [0, 0.05) is 68.3 Å². The number of piperazine rings is 1. The first-order valence-corrected chi connectivity index (χ1v) is 11.6. The fraction of sp³-hybridized carbons (Fsp3) is 0.269. The molecule has 8 nitrogen and oxygen atoms in total. The van der Waals surface area contributed by atoms with Gasteiger partial charge in [-0.15, -0.1) is 0 Å². The van der Waals surface area contributed by atoms with E-state index in [4.69, 9.17) is 0 Å². The van der Waals surface area contributed by atoms with Crippen molar-refractivity contribution in [2.45, 2.75) is 12.5 Å². The van der Waals surface area contributed by atoms with Gasteiger partial charge >= 0.3 is 0 Å². The van der Waals surface area contributed by atoms with Crippen LogP contribution in [0.2, 0.25) is 0 Å². The number of fused-ring (bicyclic) bond motifs is 1. The van der Waals surface area contributed by atoms with E-state index in [0.717, 1.165) is 48.2 Å². The summed E-state index contributed by atoms with van der Waals surface area (Å²) in [4.78, 5) is 41.2. The lowest BCUT2D eigenvalue weighted by molar-refractivity contribution is -0.135. The molecule has 8 heteroatoms. The second kappa shape index (κ2) is 9.93. The van der Waals surface area contributed by atoms with E-state index >= 15 is 0 Å². The molecule has 3 heterocycles. The van der Waals surface area contributed by atoms with Crippen molar-refractivity contribution in [2.75, 3.05) is 32.7 Å². The Kier molecular flexibility index (Phi) is 6.40. The monoisotopic (exact) mass is 456 g/mol. The number of aromatic nitrogens is 3. The molecule has 2 aromatic carbocycles. The highest BCUT2D eigenvalue weighted by molar-refractivity contribution is 6.00. The van der Waals surface area contributed by atoms with E-state index in [1.807, 2.05) is 65.8 Å². The minimum atomic E-state index is -0.732. The SMILES string of the molecule is O=C(N[C@@H](C(=O)N1CCN(CCc2cnc[nH]2)CC1)c1ccccc1)c1ccc2cc[nH]c2c1. The van der Waals surface area contributed by atoms with Crippen molar-refractivity contribution in [3.05, 3.63) is 90.1 Å². The third kappa shape index (κ3) is 4.87. The molecule has 1 saturated heterocycles. The molecule has 5 rings (SSSR count). The van der Waals surface area contributed by atoms with E-state index < -0.39 is 6.04 Å². The number of aromatic amines is 2. The largest absolute Gasteiger partial charge is 0.361 e. The summed E-state index contributed by atoms with van der Waals surface area (Å²) in [5.74, 6) is -0.342. The van der Waals surface area contributed by atoms with Crippen molar-refractivity contribution in [2.24, 2.45) is 0 Å². The molecule has 1 atom stereocenters. The Bertz CT molecular complexity index is 1240. The van der Waals surface area contributed by atoms with Gasteiger partial charge in [0.15, 0.2) is 0 Å². The Morgan fingerprint density at radius 3 is 2.59 bits per heavy atom. The predicted molar refractivity (Wildman–Crippen MR) is 130 cm³/mol. The fourth-order valence-electron chi connectivity index (χ4n) is 4.41. The average Bonchev–Trinajstić information content (AvgIpc) is 3.58. The maximum atomic E-state index is 13.6. The van der Waals surface area contributed by atoms with Crippen LogP contribution >= 0.6 is 0 Å². The molecule has 0 radical (unpaired) electrons. The second-order valence-corrected chi connectivity index (χ2v) is 8.59. The number of amides is 2. The van der Waals surface area contributed by atoms with Gasteiger partial charge in [0.25, 0.3) is 5.91 Å². The highest BCUT2D eigenvalue weighted by Gasteiger charge is 2.30. The third-order valence-electron chi connectivity index (χ3n) is 6.41. The van der Waals surface area contributed by atoms with Crippen molar-refractivity contribution in [3.63, 3.8) is 0 Å². The van der Waals surface area contributed by atoms with E-state index in [1.54, 1.807) is 12.4 Å². The number of benzene rings is 2. The molecule has 1 aliphatic rings. The van der Waals surface area contributed by atoms with Crippen LogP contribution in [-0.4, -0.2) is 69.3 Å². The Morgan fingerprint density at radius 1 is 1.00 bits per heavy atom. The molecule has 3 N–H and O–H groups in total. The number of imidazole rings is 1. The number of rotatable bonds is 7. The van der Waals surface area contributed by atoms with Gasteiger partial charge in [0.2, 0.25) is 5.91 Å². The van der Waals surface area contributed by atoms with Crippen LogP contribution in [0, 0.1) is 0 Å². The summed E-state index contributed by atoms with van der Waals surface area (Å²) in [6, 6.07) is 16.2. The second-order valence-electron chi connectivity index (χ2n) is 8.59. The van der Waals surface area contributed by atoms with E-state index in [2.05, 4.69) is 25.2 Å². The summed E-state index contributed by atoms with van der Waals surface area (Å²) in [6.45, 7) is 3.80. The molecule has 2 aromatic heterocycles. The maximum Gasteiger partial charge on any atom is 0.252 e. The minimum Gasteiger partial charge on any atom is -0.361 e. The van der Waals surface area contributed by atoms with Gasteiger partial charge in [-0.25, -0.2) is 4.98 Å². The van der Waals surface area contributed by atoms with Crippen LogP contribution in [0.3, 0.4) is 0 Å². The Balaban J connectivity index is 1.26. The Morgan fingerprint density at radius 2 is 1.82 bits per heavy atom. The summed E-state index contributed by atoms with van der Waals surface area (Å²) >= 11 is 0. The number of hydrogen-bond donors (Lipinski definition) is 3. The van der Waals surface area contributed by atoms with Gasteiger partial charge in [-0.1, -0.05) is 36.4 Å². The highest BCUT2D eigenvalue weighted by Crippen LogP contribution is 2.20. The predicted octanol–water partition coefficient (Wildman–Crippen LogP) is 2.75. The lowest BCUT2D eigenvalue weighted by Gasteiger charge is -2.36. The van der Waals surface area contributed by atoms with E-state index in [0.29, 0.717) is 18.7 Å². The molecule has 2 amide bonds. The summed E-state index contributed by atoms with van der Waals surface area (Å²) in [5, 5.41) is 4.03. The van der Waals surface area contributed by atoms with Crippen molar-refractivity contribution in [3.8, 4) is 0 Å². The topological polar surface area (TPSA) is 97.1 Å². The van der Waals surface area contributed by atoms with Gasteiger partial charge in [-0.2, -0.15) is 0 Å². The molecular formula is C26H28N6O2. The average molecular weight is 457 g/mol. The molecule has 0 unspecified atom stereocenters. The number of H-pyrrole nitrogens is 2. The summed E-state index contributed by atoms with van der Waals surface area (Å²) < 4.78 is 0. The van der Waals surface area contributed by atoms with E-state index in [9.17, 15) is 9.59 Å². The van der Waals surface area contributed by atoms with Gasteiger partial charge in [0.1, 0.15) is 6.04 Å². The van der Waals surface area contributed by atoms with Gasteiger partial charge in [-0.3, -0.25) is 14.5 Å². The van der Waals surface area contributed by atoms with Gasteiger partial charge in [-0.05, 0) is 29.1 Å². The molecule has 1 aliphatic heterocycles. The number of carbonyl (C=O) groups excluding carboxylic acids is 2. The van der Waals surface area contributed by atoms with Crippen LogP contribution in [0.4, 0.5) is 0 Å². The Labute approximate surface area is 198 Å². The van der Waals surface area contributed by atoms with Crippen molar-refractivity contribution in [1.82, 2.24) is 30.1 Å². The van der Waals surface area contributed by atoms with E-state index in [1.165, 1.54) is 0 Å². The molecular weight excluding hydrogens is 428 g/mol. The van der Waals surface area contributed by atoms with Gasteiger partial charge < -0.3 is 20.2 Å². The highest BCUT2D eigenvalue weighted by atomic mass is 16.2. The van der Waals surface area contributed by atoms with Gasteiger partial charge in [0.05, 0.1) is 6.33 Å². The minimum absolute atomic E-state index is 0.0753. The molecule has 0 saturated carbocycles. The van der Waals surface area contributed by atoms with Crippen LogP contribution in [0.5, 0.6) is 0 Å². The summed E-state index contributed by atoms with van der Waals surface area (Å²) in [6.07, 6.45) is 6.29. The third-order valence-corrected chi connectivity index (χ3v) is 6.41. The Hall–Kier alpha value is -3.91. The van der Waals surface area contributed by atoms with Crippen LogP contribution in [0.25, 0.3) is 10.9 Å². The van der Waals surface area contributed by atoms with Crippen molar-refractivity contribution < 1.29 is 9.59 Å². The summed E-state index contributed by atoms with van der Waals surface area (Å²) in [5.41, 5.74) is 3.31. The lowest BCUT2D eigenvalue weighted by atomic mass is 10.0. The molecule has 4 aromatic rings. The zero-order valence-corrected chi connectivity index (χ0v) is 18.9. The lowest BCUT2D eigenvalue weighted by Crippen LogP contribution is -2.52. The maximum absolute atomic E-state index is 13.6. The number of hydrogen-bond acceptors (Lipinski definition) is 4. The van der Waals surface area contributed by atoms with Crippen LogP contribution < -0.4 is 5.32 Å². The van der Waals surface area contributed by atoms with E-state index in [-0.39, 0.29) is 11.8 Å². The molecule has 174 valence electrons. The molecule has 34 heavy (non-hydrogen) atoms. The summed E-state index contributed by atoms with van der Waals surface area (Å²) in [7, 11) is 0. The first kappa shape index (κ1) is 21.9. The molecule has 0 aliphatic carbocycles. The molecule has 1 fully saturated rings. The smallest absolute Gasteiger partial charge is 0.252 e. The number of nitrogens with zero attached hydrogens (tertiary/aromatic N) is 3. The quantitative estimate of drug-likeness (QED) is 0.398. The number of carbonyl (C=O) groups is 2.